The first-order valence-electron chi connectivity index (χ1n) is 7.00. The Morgan fingerprint density at radius 2 is 2.00 bits per heavy atom. The van der Waals surface area contributed by atoms with Crippen molar-refractivity contribution in [2.75, 3.05) is 14.1 Å². The highest BCUT2D eigenvalue weighted by atomic mass is 16.5. The largest absolute Gasteiger partial charge is 0.455 e. The molecule has 21 heavy (non-hydrogen) atoms. The molecule has 2 aromatic rings. The summed E-state index contributed by atoms with van der Waals surface area (Å²) >= 11 is 0. The predicted molar refractivity (Wildman–Crippen MR) is 87.2 cm³/mol. The molecule has 1 heterocycles. The van der Waals surface area contributed by atoms with E-state index in [2.05, 4.69) is 55.7 Å². The van der Waals surface area contributed by atoms with Crippen LogP contribution >= 0.6 is 0 Å². The van der Waals surface area contributed by atoms with Crippen molar-refractivity contribution < 1.29 is 4.74 Å². The molecule has 0 atom stereocenters. The molecule has 3 heteroatoms. The molecule has 0 saturated carbocycles. The maximum Gasteiger partial charge on any atom is 0.148 e. The summed E-state index contributed by atoms with van der Waals surface area (Å²) in [7, 11) is 4.12. The van der Waals surface area contributed by atoms with Gasteiger partial charge in [0.05, 0.1) is 5.69 Å². The number of aryl methyl sites for hydroxylation is 2. The Morgan fingerprint density at radius 1 is 1.24 bits per heavy atom. The zero-order valence-electron chi connectivity index (χ0n) is 13.2. The highest BCUT2D eigenvalue weighted by molar-refractivity contribution is 5.61. The van der Waals surface area contributed by atoms with Gasteiger partial charge < -0.3 is 9.64 Å². The molecular weight excluding hydrogens is 260 g/mol. The maximum atomic E-state index is 5.88. The van der Waals surface area contributed by atoms with E-state index in [4.69, 9.17) is 4.74 Å². The lowest BCUT2D eigenvalue weighted by Gasteiger charge is -2.14. The average molecular weight is 282 g/mol. The third-order valence-electron chi connectivity index (χ3n) is 3.15. The van der Waals surface area contributed by atoms with E-state index in [1.807, 2.05) is 19.1 Å². The molecular formula is C18H22N2O. The zero-order valence-corrected chi connectivity index (χ0v) is 13.2. The summed E-state index contributed by atoms with van der Waals surface area (Å²) in [6, 6.07) is 10.2. The van der Waals surface area contributed by atoms with Crippen molar-refractivity contribution >= 4 is 5.76 Å². The molecule has 0 N–H and O–H groups in total. The summed E-state index contributed by atoms with van der Waals surface area (Å²) in [5.41, 5.74) is 4.33. The minimum Gasteiger partial charge on any atom is -0.455 e. The molecule has 0 saturated heterocycles. The Hall–Kier alpha value is -2.13. The highest BCUT2D eigenvalue weighted by Crippen LogP contribution is 2.23. The van der Waals surface area contributed by atoms with Crippen LogP contribution in [0.15, 0.2) is 43.1 Å². The number of nitrogens with zero attached hydrogens (tertiary/aromatic N) is 2. The summed E-state index contributed by atoms with van der Waals surface area (Å²) in [6.45, 7) is 8.97. The summed E-state index contributed by atoms with van der Waals surface area (Å²) in [6.07, 6.45) is 1.76. The minimum atomic E-state index is 0.648. The van der Waals surface area contributed by atoms with Crippen LogP contribution in [0, 0.1) is 13.8 Å². The maximum absolute atomic E-state index is 5.88. The molecule has 1 aromatic carbocycles. The number of pyridine rings is 1. The van der Waals surface area contributed by atoms with Crippen molar-refractivity contribution in [1.82, 2.24) is 9.88 Å². The van der Waals surface area contributed by atoms with Crippen molar-refractivity contribution in [1.29, 1.82) is 0 Å². The summed E-state index contributed by atoms with van der Waals surface area (Å²) in [4.78, 5) is 6.37. The molecule has 0 unspecified atom stereocenters. The monoisotopic (exact) mass is 282 g/mol. The second-order valence-electron chi connectivity index (χ2n) is 5.56. The third kappa shape index (κ3) is 4.17. The van der Waals surface area contributed by atoms with Crippen LogP contribution in [0.3, 0.4) is 0 Å². The Morgan fingerprint density at radius 3 is 2.67 bits per heavy atom. The van der Waals surface area contributed by atoms with Crippen LogP contribution in [-0.4, -0.2) is 24.0 Å². The topological polar surface area (TPSA) is 25.4 Å². The predicted octanol–water partition coefficient (Wildman–Crippen LogP) is 3.81. The van der Waals surface area contributed by atoms with Crippen molar-refractivity contribution in [2.24, 2.45) is 0 Å². The molecule has 110 valence electrons. The molecule has 0 spiro atoms. The first kappa shape index (κ1) is 15.3. The lowest BCUT2D eigenvalue weighted by atomic mass is 10.1. The highest BCUT2D eigenvalue weighted by Gasteiger charge is 2.07. The van der Waals surface area contributed by atoms with E-state index < -0.39 is 0 Å². The number of aromatic nitrogens is 1. The first-order chi connectivity index (χ1) is 9.95. The Kier molecular flexibility index (Phi) is 4.76. The molecule has 0 aliphatic carbocycles. The second kappa shape index (κ2) is 6.55. The lowest BCUT2D eigenvalue weighted by Crippen LogP contribution is -2.11. The van der Waals surface area contributed by atoms with Gasteiger partial charge in [0, 0.05) is 18.3 Å². The first-order valence-corrected chi connectivity index (χ1v) is 7.00. The number of hydrogen-bond acceptors (Lipinski definition) is 3. The fourth-order valence-corrected chi connectivity index (χ4v) is 2.25. The van der Waals surface area contributed by atoms with Crippen LogP contribution in [0.2, 0.25) is 0 Å². The van der Waals surface area contributed by atoms with Gasteiger partial charge in [-0.15, -0.1) is 0 Å². The van der Waals surface area contributed by atoms with Gasteiger partial charge in [0.15, 0.2) is 0 Å². The lowest BCUT2D eigenvalue weighted by molar-refractivity contribution is 0.402. The van der Waals surface area contributed by atoms with Gasteiger partial charge in [0.2, 0.25) is 0 Å². The van der Waals surface area contributed by atoms with Crippen LogP contribution in [0.5, 0.6) is 5.75 Å². The zero-order chi connectivity index (χ0) is 15.4. The molecule has 0 fully saturated rings. The SMILES string of the molecule is C=C(Oc1cccnc1C)c1cc(C)cc(CN(C)C)c1. The number of hydrogen-bond donors (Lipinski definition) is 0. The normalized spacial score (nSPS) is 10.7. The quantitative estimate of drug-likeness (QED) is 0.780. The van der Waals surface area contributed by atoms with Gasteiger partial charge >= 0.3 is 0 Å². The molecule has 3 nitrogen and oxygen atoms in total. The van der Waals surface area contributed by atoms with Gasteiger partial charge in [0.25, 0.3) is 0 Å². The van der Waals surface area contributed by atoms with E-state index in [1.54, 1.807) is 6.20 Å². The van der Waals surface area contributed by atoms with Gasteiger partial charge in [-0.25, -0.2) is 0 Å². The van der Waals surface area contributed by atoms with Gasteiger partial charge in [-0.3, -0.25) is 4.98 Å². The van der Waals surface area contributed by atoms with E-state index >= 15 is 0 Å². The van der Waals surface area contributed by atoms with Crippen molar-refractivity contribution in [3.05, 3.63) is 65.5 Å². The summed E-state index contributed by atoms with van der Waals surface area (Å²) in [5, 5.41) is 0. The fourth-order valence-electron chi connectivity index (χ4n) is 2.25. The van der Waals surface area contributed by atoms with E-state index in [0.717, 1.165) is 23.6 Å². The molecule has 2 rings (SSSR count). The van der Waals surface area contributed by atoms with Crippen LogP contribution < -0.4 is 4.74 Å². The summed E-state index contributed by atoms with van der Waals surface area (Å²) in [5.74, 6) is 1.40. The Labute approximate surface area is 126 Å². The molecule has 0 aliphatic rings. The molecule has 0 bridgehead atoms. The smallest absolute Gasteiger partial charge is 0.148 e. The Bertz CT molecular complexity index is 647. The number of ether oxygens (including phenoxy) is 1. The summed E-state index contributed by atoms with van der Waals surface area (Å²) < 4.78 is 5.88. The fraction of sp³-hybridized carbons (Fsp3) is 0.278. The standard InChI is InChI=1S/C18H22N2O/c1-13-9-16(12-20(4)5)11-17(10-13)15(3)21-18-7-6-8-19-14(18)2/h6-11H,3,12H2,1-2,4-5H3. The van der Waals surface area contributed by atoms with Gasteiger partial charge in [-0.05, 0) is 57.8 Å². The minimum absolute atomic E-state index is 0.648. The molecule has 0 amide bonds. The second-order valence-corrected chi connectivity index (χ2v) is 5.56. The average Bonchev–Trinajstić information content (AvgIpc) is 2.40. The van der Waals surface area contributed by atoms with Crippen LogP contribution in [0.1, 0.15) is 22.4 Å². The molecule has 0 radical (unpaired) electrons. The molecule has 0 aliphatic heterocycles. The van der Waals surface area contributed by atoms with Gasteiger partial charge in [-0.1, -0.05) is 18.2 Å². The van der Waals surface area contributed by atoms with Gasteiger partial charge in [-0.2, -0.15) is 0 Å². The van der Waals surface area contributed by atoms with Crippen molar-refractivity contribution in [3.8, 4) is 5.75 Å². The van der Waals surface area contributed by atoms with E-state index in [1.165, 1.54) is 11.1 Å². The number of rotatable bonds is 5. The number of benzene rings is 1. The van der Waals surface area contributed by atoms with E-state index in [-0.39, 0.29) is 0 Å². The van der Waals surface area contributed by atoms with Crippen molar-refractivity contribution in [3.63, 3.8) is 0 Å². The van der Waals surface area contributed by atoms with Crippen molar-refractivity contribution in [2.45, 2.75) is 20.4 Å². The van der Waals surface area contributed by atoms with Crippen LogP contribution in [0.4, 0.5) is 0 Å². The van der Waals surface area contributed by atoms with E-state index in [9.17, 15) is 0 Å². The third-order valence-corrected chi connectivity index (χ3v) is 3.15. The van der Waals surface area contributed by atoms with E-state index in [0.29, 0.717) is 5.76 Å². The van der Waals surface area contributed by atoms with Gasteiger partial charge in [0.1, 0.15) is 11.5 Å². The van der Waals surface area contributed by atoms with Crippen LogP contribution in [0.25, 0.3) is 5.76 Å². The Balaban J connectivity index is 2.23. The molecule has 1 aromatic heterocycles. The van der Waals surface area contributed by atoms with Crippen LogP contribution in [-0.2, 0) is 6.54 Å².